The van der Waals surface area contributed by atoms with E-state index in [-0.39, 0.29) is 17.7 Å². The molecule has 3 aromatic carbocycles. The summed E-state index contributed by atoms with van der Waals surface area (Å²) in [6, 6.07) is 19.1. The SMILES string of the molecule is CCCCCCCCOc1ccc(OC(=O)c2ccc(-c3ccc(OC(C)CCCCCC)c(F)c3)cc2)cc1. The maximum atomic E-state index is 14.8. The zero-order valence-electron chi connectivity index (χ0n) is 24.4. The molecule has 216 valence electrons. The standard InChI is InChI=1S/C35H45FO4/c1-4-6-8-10-11-13-25-38-31-20-22-32(23-21-31)40-35(37)29-17-15-28(16-18-29)30-19-24-34(33(36)26-30)39-27(3)14-12-9-7-5-2/h15-24,26-27H,4-14,25H2,1-3H3. The Bertz CT molecular complexity index is 1140. The molecule has 0 N–H and O–H groups in total. The van der Waals surface area contributed by atoms with Crippen LogP contribution in [0.3, 0.4) is 0 Å². The van der Waals surface area contributed by atoms with Gasteiger partial charge in [0.05, 0.1) is 18.3 Å². The molecule has 1 atom stereocenters. The third kappa shape index (κ3) is 10.7. The molecule has 1 unspecified atom stereocenters. The fourth-order valence-electron chi connectivity index (χ4n) is 4.55. The minimum absolute atomic E-state index is 0.0312. The Morgan fingerprint density at radius 2 is 1.32 bits per heavy atom. The molecule has 0 saturated heterocycles. The number of ether oxygens (including phenoxy) is 3. The number of esters is 1. The van der Waals surface area contributed by atoms with Gasteiger partial charge in [-0.1, -0.05) is 83.4 Å². The Hall–Kier alpha value is -3.34. The number of halogens is 1. The summed E-state index contributed by atoms with van der Waals surface area (Å²) in [6.45, 7) is 7.08. The van der Waals surface area contributed by atoms with E-state index >= 15 is 0 Å². The van der Waals surface area contributed by atoms with E-state index in [1.165, 1.54) is 57.4 Å². The highest BCUT2D eigenvalue weighted by Crippen LogP contribution is 2.28. The van der Waals surface area contributed by atoms with Crippen LogP contribution in [0.5, 0.6) is 17.2 Å². The number of hydrogen-bond acceptors (Lipinski definition) is 4. The number of benzene rings is 3. The summed E-state index contributed by atoms with van der Waals surface area (Å²) >= 11 is 0. The van der Waals surface area contributed by atoms with Gasteiger partial charge in [0.1, 0.15) is 11.5 Å². The Balaban J connectivity index is 1.47. The molecule has 5 heteroatoms. The molecule has 3 rings (SSSR count). The molecule has 0 radical (unpaired) electrons. The summed E-state index contributed by atoms with van der Waals surface area (Å²) < 4.78 is 31.9. The van der Waals surface area contributed by atoms with Crippen molar-refractivity contribution in [2.45, 2.75) is 97.5 Å². The first-order valence-electron chi connectivity index (χ1n) is 15.0. The number of carbonyl (C=O) groups excluding carboxylic acids is 1. The highest BCUT2D eigenvalue weighted by Gasteiger charge is 2.12. The van der Waals surface area contributed by atoms with Crippen LogP contribution in [0.1, 0.15) is 102 Å². The van der Waals surface area contributed by atoms with Crippen molar-refractivity contribution in [1.29, 1.82) is 0 Å². The monoisotopic (exact) mass is 548 g/mol. The Morgan fingerprint density at radius 3 is 2.00 bits per heavy atom. The second kappa shape index (κ2) is 17.4. The van der Waals surface area contributed by atoms with Crippen molar-refractivity contribution in [3.05, 3.63) is 78.1 Å². The molecule has 0 aliphatic heterocycles. The van der Waals surface area contributed by atoms with Crippen LogP contribution in [0.4, 0.5) is 4.39 Å². The number of hydrogen-bond donors (Lipinski definition) is 0. The van der Waals surface area contributed by atoms with Gasteiger partial charge in [0.25, 0.3) is 0 Å². The average Bonchev–Trinajstić information content (AvgIpc) is 2.97. The van der Waals surface area contributed by atoms with Gasteiger partial charge in [-0.15, -0.1) is 0 Å². The third-order valence-corrected chi connectivity index (χ3v) is 6.98. The number of unbranched alkanes of at least 4 members (excludes halogenated alkanes) is 8. The second-order valence-electron chi connectivity index (χ2n) is 10.5. The van der Waals surface area contributed by atoms with Crippen molar-refractivity contribution in [1.82, 2.24) is 0 Å². The Labute approximate surface area is 239 Å². The highest BCUT2D eigenvalue weighted by molar-refractivity contribution is 5.91. The molecule has 0 aliphatic carbocycles. The van der Waals surface area contributed by atoms with Gasteiger partial charge in [-0.2, -0.15) is 0 Å². The lowest BCUT2D eigenvalue weighted by molar-refractivity contribution is 0.0734. The first-order chi connectivity index (χ1) is 19.5. The van der Waals surface area contributed by atoms with E-state index in [0.29, 0.717) is 17.9 Å². The molecule has 0 aromatic heterocycles. The molecule has 0 aliphatic rings. The minimum atomic E-state index is -0.449. The summed E-state index contributed by atoms with van der Waals surface area (Å²) in [6.07, 6.45) is 12.9. The van der Waals surface area contributed by atoms with Gasteiger partial charge in [0.2, 0.25) is 0 Å². The maximum absolute atomic E-state index is 14.8. The zero-order chi connectivity index (χ0) is 28.6. The van der Waals surface area contributed by atoms with E-state index in [9.17, 15) is 9.18 Å². The summed E-state index contributed by atoms with van der Waals surface area (Å²) in [5.74, 6) is 0.655. The van der Waals surface area contributed by atoms with E-state index < -0.39 is 5.97 Å². The fraction of sp³-hybridized carbons (Fsp3) is 0.457. The van der Waals surface area contributed by atoms with Gasteiger partial charge in [0, 0.05) is 0 Å². The minimum Gasteiger partial charge on any atom is -0.494 e. The quantitative estimate of drug-likeness (QED) is 0.0901. The molecule has 0 saturated carbocycles. The van der Waals surface area contributed by atoms with Crippen LogP contribution in [0, 0.1) is 5.82 Å². The van der Waals surface area contributed by atoms with Crippen LogP contribution in [0.25, 0.3) is 11.1 Å². The summed E-state index contributed by atoms with van der Waals surface area (Å²) in [5.41, 5.74) is 1.95. The van der Waals surface area contributed by atoms with E-state index in [1.807, 2.05) is 25.1 Å². The molecule has 0 fully saturated rings. The zero-order valence-corrected chi connectivity index (χ0v) is 24.4. The lowest BCUT2D eigenvalue weighted by atomic mass is 10.0. The predicted octanol–water partition coefficient (Wildman–Crippen LogP) is 10.2. The van der Waals surface area contributed by atoms with Crippen molar-refractivity contribution >= 4 is 5.97 Å². The number of carbonyl (C=O) groups is 1. The molecular formula is C35H45FO4. The van der Waals surface area contributed by atoms with Crippen LogP contribution < -0.4 is 14.2 Å². The van der Waals surface area contributed by atoms with Crippen molar-refractivity contribution < 1.29 is 23.4 Å². The van der Waals surface area contributed by atoms with Crippen molar-refractivity contribution in [2.75, 3.05) is 6.61 Å². The highest BCUT2D eigenvalue weighted by atomic mass is 19.1. The maximum Gasteiger partial charge on any atom is 0.343 e. The van der Waals surface area contributed by atoms with Crippen molar-refractivity contribution in [2.24, 2.45) is 0 Å². The van der Waals surface area contributed by atoms with Crippen LogP contribution >= 0.6 is 0 Å². The first-order valence-corrected chi connectivity index (χ1v) is 15.0. The van der Waals surface area contributed by atoms with Crippen LogP contribution in [0.2, 0.25) is 0 Å². The number of rotatable bonds is 18. The van der Waals surface area contributed by atoms with E-state index in [4.69, 9.17) is 14.2 Å². The molecule has 40 heavy (non-hydrogen) atoms. The molecule has 0 amide bonds. The third-order valence-electron chi connectivity index (χ3n) is 6.98. The fourth-order valence-corrected chi connectivity index (χ4v) is 4.55. The molecule has 4 nitrogen and oxygen atoms in total. The molecule has 0 spiro atoms. The van der Waals surface area contributed by atoms with Crippen LogP contribution in [-0.2, 0) is 0 Å². The largest absolute Gasteiger partial charge is 0.494 e. The lowest BCUT2D eigenvalue weighted by Gasteiger charge is -2.16. The van der Waals surface area contributed by atoms with E-state index in [0.717, 1.165) is 36.1 Å². The van der Waals surface area contributed by atoms with Gasteiger partial charge in [-0.3, -0.25) is 0 Å². The van der Waals surface area contributed by atoms with Crippen molar-refractivity contribution in [3.8, 4) is 28.4 Å². The van der Waals surface area contributed by atoms with E-state index in [2.05, 4.69) is 13.8 Å². The predicted molar refractivity (Wildman–Crippen MR) is 161 cm³/mol. The van der Waals surface area contributed by atoms with Gasteiger partial charge in [-0.05, 0) is 85.8 Å². The Morgan fingerprint density at radius 1 is 0.725 bits per heavy atom. The van der Waals surface area contributed by atoms with Crippen molar-refractivity contribution in [3.63, 3.8) is 0 Å². The Kier molecular flexibility index (Phi) is 13.5. The topological polar surface area (TPSA) is 44.8 Å². The van der Waals surface area contributed by atoms with Gasteiger partial charge < -0.3 is 14.2 Å². The average molecular weight is 549 g/mol. The van der Waals surface area contributed by atoms with Crippen LogP contribution in [-0.4, -0.2) is 18.7 Å². The van der Waals surface area contributed by atoms with Gasteiger partial charge in [-0.25, -0.2) is 9.18 Å². The van der Waals surface area contributed by atoms with E-state index in [1.54, 1.807) is 42.5 Å². The molecule has 3 aromatic rings. The molecule has 0 heterocycles. The normalized spacial score (nSPS) is 11.7. The smallest absolute Gasteiger partial charge is 0.343 e. The van der Waals surface area contributed by atoms with Crippen LogP contribution in [0.15, 0.2) is 66.7 Å². The molecule has 0 bridgehead atoms. The molecular weight excluding hydrogens is 503 g/mol. The summed E-state index contributed by atoms with van der Waals surface area (Å²) in [4.78, 5) is 12.6. The first kappa shape index (κ1) is 31.2. The summed E-state index contributed by atoms with van der Waals surface area (Å²) in [7, 11) is 0. The second-order valence-corrected chi connectivity index (χ2v) is 10.5. The van der Waals surface area contributed by atoms with Gasteiger partial charge in [0.15, 0.2) is 11.6 Å². The van der Waals surface area contributed by atoms with Gasteiger partial charge >= 0.3 is 5.97 Å². The lowest BCUT2D eigenvalue weighted by Crippen LogP contribution is -2.12. The summed E-state index contributed by atoms with van der Waals surface area (Å²) in [5, 5.41) is 0.